The van der Waals surface area contributed by atoms with Gasteiger partial charge in [-0.2, -0.15) is 13.2 Å². The molecule has 0 aliphatic rings. The first-order chi connectivity index (χ1) is 6.56. The van der Waals surface area contributed by atoms with Crippen molar-refractivity contribution < 1.29 is 13.2 Å². The molecule has 0 atom stereocenters. The molecule has 1 nitrogen and oxygen atoms in total. The van der Waals surface area contributed by atoms with Gasteiger partial charge in [0.15, 0.2) is 0 Å². The predicted molar refractivity (Wildman–Crippen MR) is 52.2 cm³/mol. The van der Waals surface area contributed by atoms with Crippen molar-refractivity contribution >= 4 is 0 Å². The summed E-state index contributed by atoms with van der Waals surface area (Å²) in [7, 11) is 0. The minimum absolute atomic E-state index is 0.0327. The van der Waals surface area contributed by atoms with Gasteiger partial charge in [0.1, 0.15) is 0 Å². The van der Waals surface area contributed by atoms with Gasteiger partial charge >= 0.3 is 6.18 Å². The number of unbranched alkanes of at least 4 members (excludes halogenated alkanes) is 3. The Morgan fingerprint density at radius 1 is 1.07 bits per heavy atom. The van der Waals surface area contributed by atoms with Crippen molar-refractivity contribution in [2.24, 2.45) is 0 Å². The molecule has 0 aromatic rings. The van der Waals surface area contributed by atoms with Gasteiger partial charge in [-0.3, -0.25) is 0 Å². The zero-order chi connectivity index (χ0) is 10.9. The van der Waals surface area contributed by atoms with Gasteiger partial charge in [0.2, 0.25) is 0 Å². The van der Waals surface area contributed by atoms with E-state index in [9.17, 15) is 13.2 Å². The van der Waals surface area contributed by atoms with Gasteiger partial charge in [0.25, 0.3) is 0 Å². The predicted octanol–water partition coefficient (Wildman–Crippen LogP) is 3.27. The summed E-state index contributed by atoms with van der Waals surface area (Å²) in [5.74, 6) is 0. The highest BCUT2D eigenvalue weighted by molar-refractivity contribution is 4.65. The van der Waals surface area contributed by atoms with Gasteiger partial charge in [-0.05, 0) is 25.8 Å². The van der Waals surface area contributed by atoms with Crippen LogP contribution < -0.4 is 5.32 Å². The largest absolute Gasteiger partial charge is 0.390 e. The van der Waals surface area contributed by atoms with Crippen LogP contribution in [0.3, 0.4) is 0 Å². The minimum atomic E-state index is -4.03. The van der Waals surface area contributed by atoms with Crippen LogP contribution in [0.1, 0.15) is 32.1 Å². The Balaban J connectivity index is 3.03. The van der Waals surface area contributed by atoms with E-state index in [2.05, 4.69) is 11.9 Å². The van der Waals surface area contributed by atoms with E-state index in [-0.39, 0.29) is 6.54 Å². The highest BCUT2D eigenvalue weighted by atomic mass is 19.4. The Morgan fingerprint density at radius 2 is 1.79 bits per heavy atom. The summed E-state index contributed by atoms with van der Waals surface area (Å²) in [6.45, 7) is 4.30. The summed E-state index contributed by atoms with van der Waals surface area (Å²) in [5, 5.41) is 2.77. The molecule has 0 heterocycles. The number of nitrogens with one attached hydrogen (secondary N) is 1. The summed E-state index contributed by atoms with van der Waals surface area (Å²) in [5.41, 5.74) is 0. The van der Waals surface area contributed by atoms with Crippen LogP contribution in [-0.2, 0) is 0 Å². The van der Waals surface area contributed by atoms with Crippen molar-refractivity contribution in [2.75, 3.05) is 13.1 Å². The van der Waals surface area contributed by atoms with Gasteiger partial charge in [-0.25, -0.2) is 0 Å². The molecule has 14 heavy (non-hydrogen) atoms. The van der Waals surface area contributed by atoms with Crippen LogP contribution in [0.4, 0.5) is 13.2 Å². The number of rotatable bonds is 8. The maximum atomic E-state index is 11.7. The van der Waals surface area contributed by atoms with Crippen LogP contribution >= 0.6 is 0 Å². The standard InChI is InChI=1S/C10H18F3N/c1-2-3-4-5-6-8-14-9-7-10(11,12)13/h2,14H,1,3-9H2. The SMILES string of the molecule is C=CCCCCCNCCC(F)(F)F. The average molecular weight is 209 g/mol. The molecule has 0 aromatic carbocycles. The second-order valence-corrected chi connectivity index (χ2v) is 3.25. The molecule has 0 aliphatic carbocycles. The maximum absolute atomic E-state index is 11.7. The van der Waals surface area contributed by atoms with E-state index in [1.807, 2.05) is 6.08 Å². The molecule has 4 heteroatoms. The van der Waals surface area contributed by atoms with E-state index in [4.69, 9.17) is 0 Å². The summed E-state index contributed by atoms with van der Waals surface area (Å²) in [6, 6.07) is 0. The lowest BCUT2D eigenvalue weighted by atomic mass is 10.2. The molecule has 0 radical (unpaired) electrons. The van der Waals surface area contributed by atoms with Gasteiger partial charge in [0, 0.05) is 6.54 Å². The van der Waals surface area contributed by atoms with Crippen molar-refractivity contribution in [3.8, 4) is 0 Å². The molecule has 0 rings (SSSR count). The zero-order valence-corrected chi connectivity index (χ0v) is 8.37. The third-order valence-electron chi connectivity index (χ3n) is 1.85. The fraction of sp³-hybridized carbons (Fsp3) is 0.800. The molecular weight excluding hydrogens is 191 g/mol. The van der Waals surface area contributed by atoms with Crippen LogP contribution in [0.5, 0.6) is 0 Å². The molecule has 0 fully saturated rings. The van der Waals surface area contributed by atoms with Crippen LogP contribution in [0, 0.1) is 0 Å². The quantitative estimate of drug-likeness (QED) is 0.478. The van der Waals surface area contributed by atoms with Crippen molar-refractivity contribution in [1.82, 2.24) is 5.32 Å². The molecule has 84 valence electrons. The molecule has 0 aromatic heterocycles. The fourth-order valence-electron chi connectivity index (χ4n) is 1.07. The van der Waals surface area contributed by atoms with Gasteiger partial charge in [-0.1, -0.05) is 12.5 Å². The van der Waals surface area contributed by atoms with E-state index in [0.29, 0.717) is 6.54 Å². The molecule has 0 amide bonds. The number of allylic oxidation sites excluding steroid dienone is 1. The third kappa shape index (κ3) is 11.5. The topological polar surface area (TPSA) is 12.0 Å². The van der Waals surface area contributed by atoms with Crippen molar-refractivity contribution in [1.29, 1.82) is 0 Å². The molecule has 0 saturated carbocycles. The first-order valence-corrected chi connectivity index (χ1v) is 4.94. The van der Waals surface area contributed by atoms with Crippen LogP contribution in [-0.4, -0.2) is 19.3 Å². The van der Waals surface area contributed by atoms with Gasteiger partial charge < -0.3 is 5.32 Å². The lowest BCUT2D eigenvalue weighted by Crippen LogP contribution is -2.22. The molecule has 0 spiro atoms. The second kappa shape index (κ2) is 7.85. The second-order valence-electron chi connectivity index (χ2n) is 3.25. The Morgan fingerprint density at radius 3 is 2.36 bits per heavy atom. The zero-order valence-electron chi connectivity index (χ0n) is 8.37. The van der Waals surface area contributed by atoms with Crippen molar-refractivity contribution in [3.05, 3.63) is 12.7 Å². The summed E-state index contributed by atoms with van der Waals surface area (Å²) < 4.78 is 35.0. The Hall–Kier alpha value is -0.510. The van der Waals surface area contributed by atoms with Crippen molar-refractivity contribution in [3.63, 3.8) is 0 Å². The van der Waals surface area contributed by atoms with E-state index in [0.717, 1.165) is 25.7 Å². The highest BCUT2D eigenvalue weighted by Crippen LogP contribution is 2.18. The molecule has 0 saturated heterocycles. The lowest BCUT2D eigenvalue weighted by Gasteiger charge is -2.07. The molecule has 0 unspecified atom stereocenters. The molecule has 0 aliphatic heterocycles. The number of hydrogen-bond acceptors (Lipinski definition) is 1. The van der Waals surface area contributed by atoms with Crippen LogP contribution in [0.2, 0.25) is 0 Å². The van der Waals surface area contributed by atoms with Gasteiger partial charge in [-0.15, -0.1) is 6.58 Å². The van der Waals surface area contributed by atoms with Gasteiger partial charge in [0.05, 0.1) is 6.42 Å². The third-order valence-corrected chi connectivity index (χ3v) is 1.85. The normalized spacial score (nSPS) is 11.6. The number of alkyl halides is 3. The van der Waals surface area contributed by atoms with E-state index >= 15 is 0 Å². The monoisotopic (exact) mass is 209 g/mol. The Labute approximate surface area is 83.4 Å². The summed E-state index contributed by atoms with van der Waals surface area (Å²) in [6.07, 6.45) is 1.14. The lowest BCUT2D eigenvalue weighted by molar-refractivity contribution is -0.133. The number of hydrogen-bond donors (Lipinski definition) is 1. The van der Waals surface area contributed by atoms with E-state index in [1.165, 1.54) is 0 Å². The Bertz CT molecular complexity index is 143. The molecule has 0 bridgehead atoms. The highest BCUT2D eigenvalue weighted by Gasteiger charge is 2.25. The maximum Gasteiger partial charge on any atom is 0.390 e. The van der Waals surface area contributed by atoms with E-state index < -0.39 is 12.6 Å². The molecular formula is C10H18F3N. The first-order valence-electron chi connectivity index (χ1n) is 4.94. The average Bonchev–Trinajstić information content (AvgIpc) is 2.08. The van der Waals surface area contributed by atoms with Crippen LogP contribution in [0.15, 0.2) is 12.7 Å². The smallest absolute Gasteiger partial charge is 0.316 e. The Kier molecular flexibility index (Phi) is 7.57. The van der Waals surface area contributed by atoms with Crippen molar-refractivity contribution in [2.45, 2.75) is 38.3 Å². The van der Waals surface area contributed by atoms with E-state index in [1.54, 1.807) is 0 Å². The number of halogens is 3. The summed E-state index contributed by atoms with van der Waals surface area (Å²) in [4.78, 5) is 0. The fourth-order valence-corrected chi connectivity index (χ4v) is 1.07. The minimum Gasteiger partial charge on any atom is -0.316 e. The summed E-state index contributed by atoms with van der Waals surface area (Å²) >= 11 is 0. The molecule has 1 N–H and O–H groups in total. The van der Waals surface area contributed by atoms with Crippen LogP contribution in [0.25, 0.3) is 0 Å². The first kappa shape index (κ1) is 13.5.